The van der Waals surface area contributed by atoms with Crippen LogP contribution < -0.4 is 5.32 Å². The van der Waals surface area contributed by atoms with E-state index in [9.17, 15) is 0 Å². The Morgan fingerprint density at radius 1 is 1.45 bits per heavy atom. The molecular formula is C14H21N5O3. The molecule has 1 aliphatic rings. The van der Waals surface area contributed by atoms with E-state index in [2.05, 4.69) is 15.3 Å². The first-order valence-electron chi connectivity index (χ1n) is 7.26. The highest BCUT2D eigenvalue weighted by molar-refractivity contribution is 5.82. The van der Waals surface area contributed by atoms with Gasteiger partial charge in [0.05, 0.1) is 25.3 Å². The highest BCUT2D eigenvalue weighted by Crippen LogP contribution is 2.22. The lowest BCUT2D eigenvalue weighted by Crippen LogP contribution is -2.57. The van der Waals surface area contributed by atoms with Crippen LogP contribution in [0.3, 0.4) is 0 Å². The molecular weight excluding hydrogens is 286 g/mol. The zero-order valence-corrected chi connectivity index (χ0v) is 13.1. The predicted molar refractivity (Wildman–Crippen MR) is 78.7 cm³/mol. The molecule has 2 heterocycles. The van der Waals surface area contributed by atoms with Crippen molar-refractivity contribution in [3.05, 3.63) is 17.8 Å². The summed E-state index contributed by atoms with van der Waals surface area (Å²) in [6.45, 7) is 7.86. The zero-order valence-electron chi connectivity index (χ0n) is 13.1. The molecule has 22 heavy (non-hydrogen) atoms. The maximum absolute atomic E-state index is 8.87. The lowest BCUT2D eigenvalue weighted by Gasteiger charge is -2.40. The van der Waals surface area contributed by atoms with E-state index in [-0.39, 0.29) is 0 Å². The second-order valence-electron chi connectivity index (χ2n) is 4.89. The molecule has 8 nitrogen and oxygen atoms in total. The summed E-state index contributed by atoms with van der Waals surface area (Å²) in [7, 11) is 0. The van der Waals surface area contributed by atoms with Crippen molar-refractivity contribution in [2.75, 3.05) is 26.3 Å². The van der Waals surface area contributed by atoms with Crippen molar-refractivity contribution in [3.63, 3.8) is 0 Å². The Morgan fingerprint density at radius 3 is 2.73 bits per heavy atom. The molecule has 0 aliphatic carbocycles. The summed E-state index contributed by atoms with van der Waals surface area (Å²) >= 11 is 0. The van der Waals surface area contributed by atoms with Crippen LogP contribution in [0.2, 0.25) is 0 Å². The summed E-state index contributed by atoms with van der Waals surface area (Å²) in [4.78, 5) is 10.5. The van der Waals surface area contributed by atoms with Crippen molar-refractivity contribution >= 4 is 5.96 Å². The molecule has 1 aromatic heterocycles. The highest BCUT2D eigenvalue weighted by atomic mass is 16.7. The van der Waals surface area contributed by atoms with Crippen LogP contribution in [0.5, 0.6) is 0 Å². The molecule has 0 bridgehead atoms. The fourth-order valence-corrected chi connectivity index (χ4v) is 2.40. The average molecular weight is 307 g/mol. The minimum absolute atomic E-state index is 0.333. The molecule has 0 saturated heterocycles. The fraction of sp³-hybridized carbons (Fsp3) is 0.643. The number of ether oxygens (including phenoxy) is 2. The van der Waals surface area contributed by atoms with Crippen LogP contribution in [-0.4, -0.2) is 47.9 Å². The van der Waals surface area contributed by atoms with Crippen molar-refractivity contribution in [2.45, 2.75) is 33.1 Å². The van der Waals surface area contributed by atoms with Crippen molar-refractivity contribution < 1.29 is 13.9 Å². The van der Waals surface area contributed by atoms with Crippen LogP contribution in [0.4, 0.5) is 0 Å². The molecule has 0 atom stereocenters. The summed E-state index contributed by atoms with van der Waals surface area (Å²) < 4.78 is 16.9. The first-order chi connectivity index (χ1) is 10.6. The molecule has 0 fully saturated rings. The third-order valence-electron chi connectivity index (χ3n) is 3.18. The normalized spacial score (nSPS) is 17.0. The minimum Gasteiger partial charge on any atom is -0.447 e. The number of rotatable bonds is 6. The van der Waals surface area contributed by atoms with Gasteiger partial charge in [0.25, 0.3) is 0 Å². The SMILES string of the molecule is CCOC1(OCC)CN=C(NC#N)N(Cc2nc(C)co2)C1. The van der Waals surface area contributed by atoms with E-state index in [0.717, 1.165) is 5.69 Å². The second-order valence-corrected chi connectivity index (χ2v) is 4.89. The first-order valence-corrected chi connectivity index (χ1v) is 7.26. The minimum atomic E-state index is -0.814. The Balaban J connectivity index is 2.20. The van der Waals surface area contributed by atoms with Gasteiger partial charge >= 0.3 is 0 Å². The summed E-state index contributed by atoms with van der Waals surface area (Å²) in [5.74, 6) is 0.202. The smallest absolute Gasteiger partial charge is 0.213 e. The van der Waals surface area contributed by atoms with Gasteiger partial charge in [-0.05, 0) is 20.8 Å². The Hall–Kier alpha value is -2.11. The number of aryl methyl sites for hydroxylation is 1. The van der Waals surface area contributed by atoms with Gasteiger partial charge in [-0.2, -0.15) is 5.26 Å². The number of guanidine groups is 1. The molecule has 1 aromatic rings. The number of aromatic nitrogens is 1. The van der Waals surface area contributed by atoms with Gasteiger partial charge in [0, 0.05) is 13.2 Å². The van der Waals surface area contributed by atoms with Crippen LogP contribution >= 0.6 is 0 Å². The fourth-order valence-electron chi connectivity index (χ4n) is 2.40. The van der Waals surface area contributed by atoms with E-state index in [1.54, 1.807) is 6.26 Å². The summed E-state index contributed by atoms with van der Waals surface area (Å²) in [6, 6.07) is 0. The zero-order chi connectivity index (χ0) is 16.0. The molecule has 0 unspecified atom stereocenters. The van der Waals surface area contributed by atoms with Crippen molar-refractivity contribution in [1.82, 2.24) is 15.2 Å². The van der Waals surface area contributed by atoms with E-state index in [0.29, 0.717) is 44.7 Å². The molecule has 8 heteroatoms. The molecule has 1 N–H and O–H groups in total. The molecule has 1 aliphatic heterocycles. The monoisotopic (exact) mass is 307 g/mol. The van der Waals surface area contributed by atoms with Crippen LogP contribution in [-0.2, 0) is 16.0 Å². The van der Waals surface area contributed by atoms with Gasteiger partial charge < -0.3 is 18.8 Å². The van der Waals surface area contributed by atoms with Crippen molar-refractivity contribution in [2.24, 2.45) is 4.99 Å². The number of hydrogen-bond acceptors (Lipinski definition) is 8. The third kappa shape index (κ3) is 3.75. The Kier molecular flexibility index (Phi) is 5.35. The average Bonchev–Trinajstić information content (AvgIpc) is 2.88. The van der Waals surface area contributed by atoms with Gasteiger partial charge in [0.15, 0.2) is 6.19 Å². The number of aliphatic imine (C=N–C) groups is 1. The number of nitrogens with zero attached hydrogens (tertiary/aromatic N) is 4. The van der Waals surface area contributed by atoms with Gasteiger partial charge in [0.1, 0.15) is 6.26 Å². The molecule has 0 saturated carbocycles. The van der Waals surface area contributed by atoms with Gasteiger partial charge in [-0.15, -0.1) is 0 Å². The molecule has 0 spiro atoms. The lowest BCUT2D eigenvalue weighted by molar-refractivity contribution is -0.234. The summed E-state index contributed by atoms with van der Waals surface area (Å²) in [5.41, 5.74) is 0.805. The maximum atomic E-state index is 8.87. The van der Waals surface area contributed by atoms with E-state index in [1.807, 2.05) is 31.9 Å². The molecule has 0 aromatic carbocycles. The van der Waals surface area contributed by atoms with Crippen LogP contribution in [0.1, 0.15) is 25.4 Å². The molecule has 0 radical (unpaired) electrons. The van der Waals surface area contributed by atoms with Gasteiger partial charge in [-0.1, -0.05) is 0 Å². The molecule has 0 amide bonds. The number of hydrogen-bond donors (Lipinski definition) is 1. The van der Waals surface area contributed by atoms with E-state index in [1.165, 1.54) is 0 Å². The Labute approximate surface area is 129 Å². The number of nitriles is 1. The van der Waals surface area contributed by atoms with Crippen molar-refractivity contribution in [1.29, 1.82) is 5.26 Å². The third-order valence-corrected chi connectivity index (χ3v) is 3.18. The predicted octanol–water partition coefficient (Wildman–Crippen LogP) is 0.995. The second kappa shape index (κ2) is 7.24. The number of nitrogens with one attached hydrogen (secondary N) is 1. The summed E-state index contributed by atoms with van der Waals surface area (Å²) in [6.07, 6.45) is 3.48. The van der Waals surface area contributed by atoms with E-state index >= 15 is 0 Å². The Morgan fingerprint density at radius 2 is 2.18 bits per heavy atom. The standard InChI is InChI=1S/C14H21N5O3/c1-4-21-14(22-5-2)8-16-13(17-10-15)19(9-14)6-12-18-11(3)7-20-12/h7H,4-6,8-9H2,1-3H3,(H,16,17). The van der Waals surface area contributed by atoms with Gasteiger partial charge in [-0.25, -0.2) is 9.98 Å². The maximum Gasteiger partial charge on any atom is 0.213 e. The Bertz CT molecular complexity index is 557. The first kappa shape index (κ1) is 16.3. The van der Waals surface area contributed by atoms with Gasteiger partial charge in [-0.3, -0.25) is 5.32 Å². The largest absolute Gasteiger partial charge is 0.447 e. The highest BCUT2D eigenvalue weighted by Gasteiger charge is 2.39. The van der Waals surface area contributed by atoms with Gasteiger partial charge in [0.2, 0.25) is 17.6 Å². The van der Waals surface area contributed by atoms with Crippen molar-refractivity contribution in [3.8, 4) is 6.19 Å². The van der Waals surface area contributed by atoms with Crippen LogP contribution in [0.25, 0.3) is 0 Å². The van der Waals surface area contributed by atoms with E-state index < -0.39 is 5.79 Å². The topological polar surface area (TPSA) is 95.9 Å². The summed E-state index contributed by atoms with van der Waals surface area (Å²) in [5, 5.41) is 11.5. The van der Waals surface area contributed by atoms with Crippen LogP contribution in [0, 0.1) is 18.4 Å². The molecule has 2 rings (SSSR count). The number of oxazole rings is 1. The quantitative estimate of drug-likeness (QED) is 0.475. The van der Waals surface area contributed by atoms with Crippen LogP contribution in [0.15, 0.2) is 15.7 Å². The lowest BCUT2D eigenvalue weighted by atomic mass is 10.2. The molecule has 120 valence electrons. The van der Waals surface area contributed by atoms with E-state index in [4.69, 9.17) is 19.2 Å².